The molecule has 0 spiro atoms. The second-order valence-corrected chi connectivity index (χ2v) is 9.01. The minimum Gasteiger partial charge on any atom is -0.292 e. The van der Waals surface area contributed by atoms with E-state index < -0.39 is 32.9 Å². The Morgan fingerprint density at radius 2 is 1.44 bits per heavy atom. The number of hydrogen-bond donors (Lipinski definition) is 1. The summed E-state index contributed by atoms with van der Waals surface area (Å²) in [5, 5.41) is -1.24. The smallest absolute Gasteiger partial charge is 0.264 e. The molecule has 0 saturated carbocycles. The molecule has 0 fully saturated rings. The average molecular weight is 467 g/mol. The molecule has 1 aliphatic carbocycles. The van der Waals surface area contributed by atoms with E-state index in [4.69, 9.17) is 11.6 Å². The molecule has 4 rings (SSSR count). The molecule has 160 valence electrons. The number of sulfonamides is 1. The molecule has 32 heavy (non-hydrogen) atoms. The van der Waals surface area contributed by atoms with Gasteiger partial charge in [0.2, 0.25) is 5.78 Å². The van der Waals surface area contributed by atoms with Crippen molar-refractivity contribution in [2.45, 2.75) is 10.3 Å². The number of amides is 1. The predicted octanol–water partition coefficient (Wildman–Crippen LogP) is 3.56. The van der Waals surface area contributed by atoms with Crippen molar-refractivity contribution in [1.29, 1.82) is 0 Å². The fourth-order valence-corrected chi connectivity index (χ4v) is 4.43. The number of nitrogens with one attached hydrogen (secondary N) is 1. The molecule has 0 aromatic heterocycles. The van der Waals surface area contributed by atoms with E-state index in [1.807, 2.05) is 4.72 Å². The number of carbonyl (C=O) groups excluding carboxylic acids is 3. The van der Waals surface area contributed by atoms with Gasteiger partial charge in [-0.25, -0.2) is 18.1 Å². The zero-order chi connectivity index (χ0) is 22.9. The summed E-state index contributed by atoms with van der Waals surface area (Å²) in [6, 6.07) is 19.5. The number of Topliss-reactive ketones (excluding diaryl/α,β-unsaturated/α-hetero) is 2. The molecule has 9 heteroatoms. The molecule has 3 aromatic carbocycles. The van der Waals surface area contributed by atoms with Crippen LogP contribution in [0.1, 0.15) is 31.1 Å². The quantitative estimate of drug-likeness (QED) is 0.591. The summed E-state index contributed by atoms with van der Waals surface area (Å²) in [5.41, 5.74) is 0.763. The lowest BCUT2D eigenvalue weighted by Gasteiger charge is -2.19. The third kappa shape index (κ3) is 4.10. The summed E-state index contributed by atoms with van der Waals surface area (Å²) in [7, 11) is -4.12. The number of hydrogen-bond acceptors (Lipinski definition) is 6. The fourth-order valence-electron chi connectivity index (χ4n) is 3.19. The fraction of sp³-hybridized carbons (Fsp3) is 0.0435. The van der Waals surface area contributed by atoms with Gasteiger partial charge < -0.3 is 0 Å². The van der Waals surface area contributed by atoms with Gasteiger partial charge in [-0.2, -0.15) is 0 Å². The molecule has 0 radical (unpaired) electrons. The Morgan fingerprint density at radius 1 is 0.844 bits per heavy atom. The van der Waals surface area contributed by atoms with Crippen molar-refractivity contribution in [2.75, 3.05) is 0 Å². The highest BCUT2D eigenvalue weighted by Gasteiger charge is 2.37. The molecule has 1 amide bonds. The number of rotatable bonds is 4. The van der Waals surface area contributed by atoms with Crippen LogP contribution < -0.4 is 4.72 Å². The largest absolute Gasteiger partial charge is 0.292 e. The first-order valence-corrected chi connectivity index (χ1v) is 11.3. The molecule has 7 nitrogen and oxygen atoms in total. The van der Waals surface area contributed by atoms with Gasteiger partial charge >= 0.3 is 0 Å². The van der Waals surface area contributed by atoms with E-state index in [2.05, 4.69) is 4.99 Å². The lowest BCUT2D eigenvalue weighted by molar-refractivity contribution is 0.0967. The van der Waals surface area contributed by atoms with Gasteiger partial charge in [0, 0.05) is 16.7 Å². The summed E-state index contributed by atoms with van der Waals surface area (Å²) in [5.74, 6) is -1.65. The molecule has 1 aliphatic rings. The molecule has 0 bridgehead atoms. The van der Waals surface area contributed by atoms with Gasteiger partial charge in [-0.05, 0) is 36.4 Å². The van der Waals surface area contributed by atoms with Gasteiger partial charge in [-0.1, -0.05) is 42.5 Å². The Morgan fingerprint density at radius 3 is 2.09 bits per heavy atom. The molecule has 1 unspecified atom stereocenters. The maximum absolute atomic E-state index is 12.7. The first kappa shape index (κ1) is 21.6. The number of halogens is 1. The van der Waals surface area contributed by atoms with Gasteiger partial charge in [-0.3, -0.25) is 14.4 Å². The van der Waals surface area contributed by atoms with Crippen LogP contribution >= 0.6 is 11.6 Å². The van der Waals surface area contributed by atoms with Crippen LogP contribution in [0.4, 0.5) is 5.69 Å². The number of ketones is 2. The summed E-state index contributed by atoms with van der Waals surface area (Å²) in [6.45, 7) is 0. The van der Waals surface area contributed by atoms with Crippen LogP contribution in [0.3, 0.4) is 0 Å². The van der Waals surface area contributed by atoms with Crippen LogP contribution in [0.25, 0.3) is 0 Å². The van der Waals surface area contributed by atoms with Gasteiger partial charge in [0.1, 0.15) is 11.1 Å². The van der Waals surface area contributed by atoms with E-state index in [-0.39, 0.29) is 33.0 Å². The van der Waals surface area contributed by atoms with E-state index >= 15 is 0 Å². The third-order valence-corrected chi connectivity index (χ3v) is 6.55. The summed E-state index contributed by atoms with van der Waals surface area (Å²) in [4.78, 5) is 41.4. The Labute approximate surface area is 188 Å². The molecule has 0 saturated heterocycles. The van der Waals surface area contributed by atoms with Crippen LogP contribution in [0.15, 0.2) is 88.8 Å². The predicted molar refractivity (Wildman–Crippen MR) is 119 cm³/mol. The average Bonchev–Trinajstić information content (AvgIpc) is 2.81. The Hall–Kier alpha value is -3.62. The maximum Gasteiger partial charge on any atom is 0.264 e. The van der Waals surface area contributed by atoms with Crippen LogP contribution in [0.2, 0.25) is 0 Å². The topological polar surface area (TPSA) is 110 Å². The monoisotopic (exact) mass is 466 g/mol. The molecule has 3 aromatic rings. The number of alkyl halides is 1. The first-order chi connectivity index (χ1) is 15.3. The minimum atomic E-state index is -4.12. The highest BCUT2D eigenvalue weighted by atomic mass is 35.5. The first-order valence-electron chi connectivity index (χ1n) is 9.41. The molecule has 0 aliphatic heterocycles. The Kier molecular flexibility index (Phi) is 5.73. The van der Waals surface area contributed by atoms with E-state index in [1.54, 1.807) is 30.3 Å². The lowest BCUT2D eigenvalue weighted by Crippen LogP contribution is -2.37. The second kappa shape index (κ2) is 8.49. The van der Waals surface area contributed by atoms with Crippen molar-refractivity contribution in [3.8, 4) is 0 Å². The lowest BCUT2D eigenvalue weighted by atomic mass is 9.88. The van der Waals surface area contributed by atoms with Crippen LogP contribution in [0.5, 0.6) is 0 Å². The SMILES string of the molecule is O=C(NS(=O)(=O)c1ccc(N=C2C(=O)c3ccccc3C(=O)C2Cl)cc1)c1ccccc1. The van der Waals surface area contributed by atoms with Crippen molar-refractivity contribution in [2.24, 2.45) is 4.99 Å². The molecule has 1 N–H and O–H groups in total. The number of carbonyl (C=O) groups is 3. The van der Waals surface area contributed by atoms with E-state index in [9.17, 15) is 22.8 Å². The van der Waals surface area contributed by atoms with Gasteiger partial charge in [-0.15, -0.1) is 11.6 Å². The van der Waals surface area contributed by atoms with Crippen molar-refractivity contribution in [3.05, 3.63) is 95.6 Å². The molecular weight excluding hydrogens is 452 g/mol. The van der Waals surface area contributed by atoms with Crippen molar-refractivity contribution in [1.82, 2.24) is 4.72 Å². The van der Waals surface area contributed by atoms with Gasteiger partial charge in [0.25, 0.3) is 15.9 Å². The van der Waals surface area contributed by atoms with E-state index in [0.29, 0.717) is 0 Å². The second-order valence-electron chi connectivity index (χ2n) is 6.89. The Balaban J connectivity index is 1.59. The number of nitrogens with zero attached hydrogens (tertiary/aromatic N) is 1. The molecular formula is C23H15ClN2O5S. The van der Waals surface area contributed by atoms with Crippen molar-refractivity contribution >= 4 is 50.5 Å². The van der Waals surface area contributed by atoms with Crippen molar-refractivity contribution in [3.63, 3.8) is 0 Å². The van der Waals surface area contributed by atoms with Crippen LogP contribution in [-0.4, -0.2) is 37.0 Å². The number of aliphatic imine (C=N–C) groups is 1. The number of fused-ring (bicyclic) bond motifs is 1. The zero-order valence-corrected chi connectivity index (χ0v) is 17.9. The van der Waals surface area contributed by atoms with E-state index in [0.717, 1.165) is 0 Å². The number of benzene rings is 3. The van der Waals surface area contributed by atoms with Crippen molar-refractivity contribution < 1.29 is 22.8 Å². The summed E-state index contributed by atoms with van der Waals surface area (Å²) < 4.78 is 27.0. The van der Waals surface area contributed by atoms with Crippen LogP contribution in [0, 0.1) is 0 Å². The van der Waals surface area contributed by atoms with Crippen LogP contribution in [-0.2, 0) is 10.0 Å². The highest BCUT2D eigenvalue weighted by molar-refractivity contribution is 7.90. The minimum absolute atomic E-state index is 0.136. The normalized spacial score (nSPS) is 17.2. The summed E-state index contributed by atoms with van der Waals surface area (Å²) >= 11 is 6.18. The highest BCUT2D eigenvalue weighted by Crippen LogP contribution is 2.26. The maximum atomic E-state index is 12.7. The third-order valence-electron chi connectivity index (χ3n) is 4.80. The summed E-state index contributed by atoms with van der Waals surface area (Å²) in [6.07, 6.45) is 0. The van der Waals surface area contributed by atoms with Gasteiger partial charge in [0.05, 0.1) is 10.6 Å². The Bertz CT molecular complexity index is 1370. The van der Waals surface area contributed by atoms with Gasteiger partial charge in [0.15, 0.2) is 5.78 Å². The molecule has 1 atom stereocenters. The zero-order valence-electron chi connectivity index (χ0n) is 16.4. The van der Waals surface area contributed by atoms with E-state index in [1.165, 1.54) is 48.5 Å². The standard InChI is InChI=1S/C23H15ClN2O5S/c24-19-20(22(28)18-9-5-4-8-17(18)21(19)27)25-15-10-12-16(13-11-15)32(30,31)26-23(29)14-6-2-1-3-7-14/h1-13,19H,(H,26,29). The molecule has 0 heterocycles.